The molecular weight excluding hydrogens is 264 g/mol. The highest BCUT2D eigenvalue weighted by Crippen LogP contribution is 2.20. The zero-order valence-corrected chi connectivity index (χ0v) is 12.2. The van der Waals surface area contributed by atoms with Crippen LogP contribution >= 0.6 is 11.3 Å². The first-order valence-electron chi connectivity index (χ1n) is 6.51. The van der Waals surface area contributed by atoms with Crippen molar-refractivity contribution in [3.63, 3.8) is 0 Å². The van der Waals surface area contributed by atoms with E-state index in [1.807, 2.05) is 14.1 Å². The number of hydrogen-bond acceptors (Lipinski definition) is 6. The number of carbonyl (C=O) groups excluding carboxylic acids is 1. The van der Waals surface area contributed by atoms with Gasteiger partial charge in [0.15, 0.2) is 0 Å². The fraction of sp³-hybridized carbons (Fsp3) is 0.750. The lowest BCUT2D eigenvalue weighted by Crippen LogP contribution is -2.28. The molecular formula is C12H20N4O2S. The molecule has 0 unspecified atom stereocenters. The molecule has 1 amide bonds. The third kappa shape index (κ3) is 4.52. The maximum atomic E-state index is 12.0. The van der Waals surface area contributed by atoms with Gasteiger partial charge >= 0.3 is 0 Å². The minimum absolute atomic E-state index is 0.0404. The first-order chi connectivity index (χ1) is 9.15. The van der Waals surface area contributed by atoms with Gasteiger partial charge in [-0.2, -0.15) is 0 Å². The van der Waals surface area contributed by atoms with Gasteiger partial charge in [-0.1, -0.05) is 11.3 Å². The summed E-state index contributed by atoms with van der Waals surface area (Å²) in [6, 6.07) is 0. The standard InChI is InChI=1S/C12H20N4O2S/c1-16(2)6-3-10-14-15-12(19-10)13-11(17)9-4-7-18-8-5-9/h9H,3-8H2,1-2H3,(H,13,15,17). The zero-order valence-electron chi connectivity index (χ0n) is 11.4. The molecule has 106 valence electrons. The van der Waals surface area contributed by atoms with Crippen LogP contribution in [-0.4, -0.2) is 54.9 Å². The van der Waals surface area contributed by atoms with E-state index in [2.05, 4.69) is 20.4 Å². The molecule has 2 rings (SSSR count). The van der Waals surface area contributed by atoms with Crippen molar-refractivity contribution in [2.75, 3.05) is 39.2 Å². The average Bonchev–Trinajstić information content (AvgIpc) is 2.85. The molecule has 0 spiro atoms. The number of ether oxygens (including phenoxy) is 1. The molecule has 1 aromatic heterocycles. The van der Waals surface area contributed by atoms with Crippen LogP contribution in [0.15, 0.2) is 0 Å². The molecule has 0 bridgehead atoms. The number of aromatic nitrogens is 2. The fourth-order valence-corrected chi connectivity index (χ4v) is 2.62. The highest BCUT2D eigenvalue weighted by molar-refractivity contribution is 7.15. The number of likely N-dealkylation sites (N-methyl/N-ethyl adjacent to an activating group) is 1. The molecule has 6 nitrogen and oxygen atoms in total. The smallest absolute Gasteiger partial charge is 0.229 e. The summed E-state index contributed by atoms with van der Waals surface area (Å²) >= 11 is 1.46. The van der Waals surface area contributed by atoms with Crippen LogP contribution in [0.1, 0.15) is 17.8 Å². The first-order valence-corrected chi connectivity index (χ1v) is 7.32. The molecule has 0 aromatic carbocycles. The van der Waals surface area contributed by atoms with Crippen molar-refractivity contribution in [2.24, 2.45) is 5.92 Å². The van der Waals surface area contributed by atoms with Gasteiger partial charge in [-0.25, -0.2) is 0 Å². The van der Waals surface area contributed by atoms with Gasteiger partial charge in [0.1, 0.15) is 5.01 Å². The molecule has 1 aromatic rings. The van der Waals surface area contributed by atoms with Crippen LogP contribution < -0.4 is 5.32 Å². The van der Waals surface area contributed by atoms with Gasteiger partial charge in [-0.15, -0.1) is 10.2 Å². The minimum Gasteiger partial charge on any atom is -0.381 e. The lowest BCUT2D eigenvalue weighted by Gasteiger charge is -2.20. The van der Waals surface area contributed by atoms with Gasteiger partial charge in [0, 0.05) is 32.1 Å². The average molecular weight is 284 g/mol. The number of nitrogens with one attached hydrogen (secondary N) is 1. The predicted molar refractivity (Wildman–Crippen MR) is 74.3 cm³/mol. The Morgan fingerprint density at radius 3 is 2.84 bits per heavy atom. The normalized spacial score (nSPS) is 16.8. The second-order valence-corrected chi connectivity index (χ2v) is 5.99. The van der Waals surface area contributed by atoms with Gasteiger partial charge in [0.2, 0.25) is 11.0 Å². The van der Waals surface area contributed by atoms with E-state index in [1.54, 1.807) is 0 Å². The van der Waals surface area contributed by atoms with Crippen molar-refractivity contribution in [2.45, 2.75) is 19.3 Å². The lowest BCUT2D eigenvalue weighted by atomic mass is 10.00. The summed E-state index contributed by atoms with van der Waals surface area (Å²) in [6.07, 6.45) is 2.44. The Hall–Kier alpha value is -1.05. The van der Waals surface area contributed by atoms with Gasteiger partial charge in [0.25, 0.3) is 0 Å². The van der Waals surface area contributed by atoms with E-state index in [9.17, 15) is 4.79 Å². The summed E-state index contributed by atoms with van der Waals surface area (Å²) in [5.41, 5.74) is 0. The topological polar surface area (TPSA) is 67.4 Å². The van der Waals surface area contributed by atoms with Gasteiger partial charge in [-0.3, -0.25) is 4.79 Å². The van der Waals surface area contributed by atoms with Crippen LogP contribution in [0.2, 0.25) is 0 Å². The van der Waals surface area contributed by atoms with Crippen LogP contribution in [0.4, 0.5) is 5.13 Å². The highest BCUT2D eigenvalue weighted by Gasteiger charge is 2.22. The minimum atomic E-state index is 0.0404. The van der Waals surface area contributed by atoms with E-state index in [4.69, 9.17) is 4.74 Å². The van der Waals surface area contributed by atoms with Crippen LogP contribution in [0.5, 0.6) is 0 Å². The van der Waals surface area contributed by atoms with Crippen molar-refractivity contribution in [3.8, 4) is 0 Å². The van der Waals surface area contributed by atoms with Crippen LogP contribution in [0.25, 0.3) is 0 Å². The van der Waals surface area contributed by atoms with Crippen molar-refractivity contribution in [1.29, 1.82) is 0 Å². The summed E-state index contributed by atoms with van der Waals surface area (Å²) < 4.78 is 5.25. The number of nitrogens with zero attached hydrogens (tertiary/aromatic N) is 3. The van der Waals surface area contributed by atoms with Crippen LogP contribution in [0, 0.1) is 5.92 Å². The second-order valence-electron chi connectivity index (χ2n) is 4.93. The highest BCUT2D eigenvalue weighted by atomic mass is 32.1. The molecule has 0 radical (unpaired) electrons. The predicted octanol–water partition coefficient (Wildman–Crippen LogP) is 1.01. The Labute approximate surface area is 117 Å². The molecule has 1 aliphatic heterocycles. The van der Waals surface area contributed by atoms with Gasteiger partial charge in [0.05, 0.1) is 0 Å². The Kier molecular flexibility index (Phi) is 5.24. The number of amides is 1. The SMILES string of the molecule is CN(C)CCc1nnc(NC(=O)C2CCOCC2)s1. The molecule has 1 saturated heterocycles. The van der Waals surface area contributed by atoms with Crippen molar-refractivity contribution in [1.82, 2.24) is 15.1 Å². The summed E-state index contributed by atoms with van der Waals surface area (Å²) in [6.45, 7) is 2.27. The fourth-order valence-electron chi connectivity index (χ4n) is 1.89. The van der Waals surface area contributed by atoms with E-state index in [-0.39, 0.29) is 11.8 Å². The number of hydrogen-bond donors (Lipinski definition) is 1. The van der Waals surface area contributed by atoms with Crippen molar-refractivity contribution in [3.05, 3.63) is 5.01 Å². The molecule has 1 fully saturated rings. The third-order valence-electron chi connectivity index (χ3n) is 3.06. The van der Waals surface area contributed by atoms with E-state index in [0.717, 1.165) is 30.8 Å². The number of rotatable bonds is 5. The van der Waals surface area contributed by atoms with Crippen molar-refractivity contribution < 1.29 is 9.53 Å². The van der Waals surface area contributed by atoms with Gasteiger partial charge in [-0.05, 0) is 26.9 Å². The first kappa shape index (κ1) is 14.4. The quantitative estimate of drug-likeness (QED) is 0.874. The van der Waals surface area contributed by atoms with E-state index in [1.165, 1.54) is 11.3 Å². The monoisotopic (exact) mass is 284 g/mol. The Morgan fingerprint density at radius 2 is 2.16 bits per heavy atom. The third-order valence-corrected chi connectivity index (χ3v) is 3.96. The lowest BCUT2D eigenvalue weighted by molar-refractivity contribution is -0.122. The Bertz CT molecular complexity index is 416. The van der Waals surface area contributed by atoms with Crippen LogP contribution in [0.3, 0.4) is 0 Å². The molecule has 0 atom stereocenters. The summed E-state index contributed by atoms with van der Waals surface area (Å²) in [5.74, 6) is 0.0847. The van der Waals surface area contributed by atoms with E-state index in [0.29, 0.717) is 18.3 Å². The Balaban J connectivity index is 1.83. The zero-order chi connectivity index (χ0) is 13.7. The molecule has 7 heteroatoms. The molecule has 1 aliphatic rings. The summed E-state index contributed by atoms with van der Waals surface area (Å²) in [4.78, 5) is 14.1. The molecule has 1 N–H and O–H groups in total. The summed E-state index contributed by atoms with van der Waals surface area (Å²) in [7, 11) is 4.05. The Morgan fingerprint density at radius 1 is 1.42 bits per heavy atom. The van der Waals surface area contributed by atoms with E-state index < -0.39 is 0 Å². The molecule has 19 heavy (non-hydrogen) atoms. The second kappa shape index (κ2) is 6.93. The maximum Gasteiger partial charge on any atom is 0.229 e. The molecule has 2 heterocycles. The van der Waals surface area contributed by atoms with Gasteiger partial charge < -0.3 is 15.0 Å². The van der Waals surface area contributed by atoms with Crippen molar-refractivity contribution >= 4 is 22.4 Å². The number of carbonyl (C=O) groups is 1. The maximum absolute atomic E-state index is 12.0. The largest absolute Gasteiger partial charge is 0.381 e. The van der Waals surface area contributed by atoms with Crippen LogP contribution in [-0.2, 0) is 16.0 Å². The summed E-state index contributed by atoms with van der Waals surface area (Å²) in [5, 5.41) is 12.5. The van der Waals surface area contributed by atoms with E-state index >= 15 is 0 Å². The molecule has 0 saturated carbocycles. The number of anilines is 1. The molecule has 0 aliphatic carbocycles.